The zero-order valence-electron chi connectivity index (χ0n) is 13.8. The van der Waals surface area contributed by atoms with Gasteiger partial charge in [-0.1, -0.05) is 29.3 Å². The third-order valence-corrected chi connectivity index (χ3v) is 5.05. The van der Waals surface area contributed by atoms with E-state index >= 15 is 0 Å². The zero-order valence-corrected chi connectivity index (χ0v) is 15.3. The quantitative estimate of drug-likeness (QED) is 0.680. The number of benzene rings is 2. The molecule has 1 aliphatic heterocycles. The Morgan fingerprint density at radius 1 is 1.04 bits per heavy atom. The van der Waals surface area contributed by atoms with Gasteiger partial charge in [0.15, 0.2) is 0 Å². The van der Waals surface area contributed by atoms with Crippen LogP contribution in [0.15, 0.2) is 54.9 Å². The Morgan fingerprint density at radius 2 is 1.88 bits per heavy atom. The summed E-state index contributed by atoms with van der Waals surface area (Å²) < 4.78 is 0. The summed E-state index contributed by atoms with van der Waals surface area (Å²) in [6.45, 7) is 2.96. The number of anilines is 1. The molecule has 128 valence electrons. The third kappa shape index (κ3) is 4.06. The molecule has 25 heavy (non-hydrogen) atoms. The van der Waals surface area contributed by atoms with E-state index in [0.717, 1.165) is 37.3 Å². The second-order valence-electron chi connectivity index (χ2n) is 6.58. The van der Waals surface area contributed by atoms with Gasteiger partial charge >= 0.3 is 0 Å². The summed E-state index contributed by atoms with van der Waals surface area (Å²) >= 11 is 12.2. The van der Waals surface area contributed by atoms with Gasteiger partial charge in [-0.3, -0.25) is 9.88 Å². The van der Waals surface area contributed by atoms with Crippen molar-refractivity contribution in [2.45, 2.75) is 19.0 Å². The number of fused-ring (bicyclic) bond motifs is 1. The van der Waals surface area contributed by atoms with Crippen molar-refractivity contribution in [1.82, 2.24) is 9.88 Å². The van der Waals surface area contributed by atoms with E-state index in [9.17, 15) is 0 Å². The van der Waals surface area contributed by atoms with E-state index in [2.05, 4.69) is 33.4 Å². The maximum atomic E-state index is 6.10. The van der Waals surface area contributed by atoms with Crippen LogP contribution < -0.4 is 5.32 Å². The highest BCUT2D eigenvalue weighted by atomic mass is 35.5. The minimum atomic E-state index is 0.453. The number of rotatable bonds is 4. The second kappa shape index (κ2) is 7.20. The molecular weight excluding hydrogens is 353 g/mol. The third-order valence-electron chi connectivity index (χ3n) is 4.61. The van der Waals surface area contributed by atoms with Gasteiger partial charge in [-0.05, 0) is 53.8 Å². The lowest BCUT2D eigenvalue weighted by Gasteiger charge is -2.18. The van der Waals surface area contributed by atoms with Crippen molar-refractivity contribution in [3.8, 4) is 0 Å². The lowest BCUT2D eigenvalue weighted by molar-refractivity contribution is 0.328. The van der Waals surface area contributed by atoms with E-state index in [1.165, 1.54) is 10.8 Å². The Balaban J connectivity index is 1.40. The Morgan fingerprint density at radius 3 is 2.72 bits per heavy atom. The van der Waals surface area contributed by atoms with Gasteiger partial charge in [0, 0.05) is 59.2 Å². The summed E-state index contributed by atoms with van der Waals surface area (Å²) in [4.78, 5) is 6.60. The van der Waals surface area contributed by atoms with Crippen molar-refractivity contribution >= 4 is 39.7 Å². The molecule has 1 aliphatic rings. The molecule has 1 atom stereocenters. The fourth-order valence-electron chi connectivity index (χ4n) is 3.46. The van der Waals surface area contributed by atoms with Gasteiger partial charge in [-0.2, -0.15) is 0 Å². The fraction of sp³-hybridized carbons (Fsp3) is 0.250. The van der Waals surface area contributed by atoms with Crippen LogP contribution >= 0.6 is 23.2 Å². The van der Waals surface area contributed by atoms with E-state index in [4.69, 9.17) is 23.2 Å². The summed E-state index contributed by atoms with van der Waals surface area (Å²) in [7, 11) is 0. The van der Waals surface area contributed by atoms with Crippen LogP contribution in [0.2, 0.25) is 10.0 Å². The van der Waals surface area contributed by atoms with Gasteiger partial charge in [0.25, 0.3) is 0 Å². The molecule has 0 radical (unpaired) electrons. The Kier molecular flexibility index (Phi) is 4.80. The molecule has 3 nitrogen and oxygen atoms in total. The first kappa shape index (κ1) is 16.6. The molecule has 3 aromatic rings. The first-order valence-corrected chi connectivity index (χ1v) is 9.19. The van der Waals surface area contributed by atoms with Crippen LogP contribution in [0.25, 0.3) is 10.8 Å². The first-order valence-electron chi connectivity index (χ1n) is 8.43. The van der Waals surface area contributed by atoms with Gasteiger partial charge < -0.3 is 5.32 Å². The van der Waals surface area contributed by atoms with E-state index < -0.39 is 0 Å². The predicted molar refractivity (Wildman–Crippen MR) is 106 cm³/mol. The Bertz CT molecular complexity index is 877. The summed E-state index contributed by atoms with van der Waals surface area (Å²) in [6.07, 6.45) is 4.86. The first-order chi connectivity index (χ1) is 12.2. The van der Waals surface area contributed by atoms with Crippen LogP contribution in [-0.4, -0.2) is 29.0 Å². The average Bonchev–Trinajstić information content (AvgIpc) is 3.00. The summed E-state index contributed by atoms with van der Waals surface area (Å²) in [5, 5.41) is 7.43. The van der Waals surface area contributed by atoms with Crippen molar-refractivity contribution in [2.24, 2.45) is 0 Å². The average molecular weight is 372 g/mol. The summed E-state index contributed by atoms with van der Waals surface area (Å²) in [5.74, 6) is 0. The molecule has 0 unspecified atom stereocenters. The lowest BCUT2D eigenvalue weighted by Crippen LogP contribution is -2.25. The highest BCUT2D eigenvalue weighted by Gasteiger charge is 2.22. The van der Waals surface area contributed by atoms with Gasteiger partial charge in [-0.15, -0.1) is 0 Å². The number of hydrogen-bond acceptors (Lipinski definition) is 3. The normalized spacial score (nSPS) is 17.9. The summed E-state index contributed by atoms with van der Waals surface area (Å²) in [6, 6.07) is 14.7. The molecule has 0 amide bonds. The van der Waals surface area contributed by atoms with Crippen molar-refractivity contribution in [3.05, 3.63) is 70.5 Å². The Hall–Kier alpha value is -1.81. The maximum absolute atomic E-state index is 6.10. The van der Waals surface area contributed by atoms with Crippen LogP contribution in [0.5, 0.6) is 0 Å². The second-order valence-corrected chi connectivity index (χ2v) is 7.45. The standard InChI is InChI=1S/C20H19Cl2N3/c21-17-7-14(8-18(22)10-17)12-25-6-4-20(13-25)24-19-2-1-16-11-23-5-3-15(16)9-19/h1-3,5,7-11,20,24H,4,6,12-13H2/t20-/m1/s1. The highest BCUT2D eigenvalue weighted by Crippen LogP contribution is 2.24. The summed E-state index contributed by atoms with van der Waals surface area (Å²) in [5.41, 5.74) is 2.33. The van der Waals surface area contributed by atoms with Gasteiger partial charge in [-0.25, -0.2) is 0 Å². The van der Waals surface area contributed by atoms with Crippen molar-refractivity contribution in [1.29, 1.82) is 0 Å². The number of nitrogens with one attached hydrogen (secondary N) is 1. The molecule has 4 rings (SSSR count). The van der Waals surface area contributed by atoms with Crippen LogP contribution in [0, 0.1) is 0 Å². The highest BCUT2D eigenvalue weighted by molar-refractivity contribution is 6.34. The molecule has 0 bridgehead atoms. The molecule has 0 saturated carbocycles. The SMILES string of the molecule is Clc1cc(Cl)cc(CN2CC[C@@H](Nc3ccc4cnccc4c3)C2)c1. The Labute approximate surface area is 157 Å². The zero-order chi connectivity index (χ0) is 17.2. The van der Waals surface area contributed by atoms with E-state index in [0.29, 0.717) is 16.1 Å². The fourth-order valence-corrected chi connectivity index (χ4v) is 4.03. The molecule has 5 heteroatoms. The molecule has 0 spiro atoms. The molecule has 2 aromatic carbocycles. The maximum Gasteiger partial charge on any atom is 0.0424 e. The number of hydrogen-bond donors (Lipinski definition) is 1. The number of likely N-dealkylation sites (tertiary alicyclic amines) is 1. The number of halogens is 2. The minimum Gasteiger partial charge on any atom is -0.381 e. The molecule has 0 aliphatic carbocycles. The lowest BCUT2D eigenvalue weighted by atomic mass is 10.1. The number of pyridine rings is 1. The van der Waals surface area contributed by atoms with E-state index in [1.807, 2.05) is 30.6 Å². The number of aromatic nitrogens is 1. The minimum absolute atomic E-state index is 0.453. The van der Waals surface area contributed by atoms with Crippen molar-refractivity contribution in [2.75, 3.05) is 18.4 Å². The molecule has 1 N–H and O–H groups in total. The molecular formula is C20H19Cl2N3. The smallest absolute Gasteiger partial charge is 0.0424 e. The van der Waals surface area contributed by atoms with Crippen LogP contribution in [0.3, 0.4) is 0 Å². The topological polar surface area (TPSA) is 28.2 Å². The van der Waals surface area contributed by atoms with E-state index in [-0.39, 0.29) is 0 Å². The largest absolute Gasteiger partial charge is 0.381 e. The molecule has 1 fully saturated rings. The van der Waals surface area contributed by atoms with Crippen molar-refractivity contribution in [3.63, 3.8) is 0 Å². The molecule has 1 saturated heterocycles. The van der Waals surface area contributed by atoms with Crippen LogP contribution in [0.4, 0.5) is 5.69 Å². The van der Waals surface area contributed by atoms with Gasteiger partial charge in [0.05, 0.1) is 0 Å². The van der Waals surface area contributed by atoms with E-state index in [1.54, 1.807) is 6.07 Å². The molecule has 1 aromatic heterocycles. The molecule has 2 heterocycles. The monoisotopic (exact) mass is 371 g/mol. The van der Waals surface area contributed by atoms with Gasteiger partial charge in [0.1, 0.15) is 0 Å². The predicted octanol–water partition coefficient (Wildman–Crippen LogP) is 5.23. The van der Waals surface area contributed by atoms with Crippen molar-refractivity contribution < 1.29 is 0 Å². The van der Waals surface area contributed by atoms with Crippen LogP contribution in [-0.2, 0) is 6.54 Å². The van der Waals surface area contributed by atoms with Crippen LogP contribution in [0.1, 0.15) is 12.0 Å². The van der Waals surface area contributed by atoms with Gasteiger partial charge in [0.2, 0.25) is 0 Å². The number of nitrogens with zero attached hydrogens (tertiary/aromatic N) is 2.